The summed E-state index contributed by atoms with van der Waals surface area (Å²) in [7, 11) is 4.68. The van der Waals surface area contributed by atoms with Crippen molar-refractivity contribution < 1.29 is 19.0 Å². The van der Waals surface area contributed by atoms with Gasteiger partial charge in [0.1, 0.15) is 6.61 Å². The summed E-state index contributed by atoms with van der Waals surface area (Å²) in [6, 6.07) is 5.56. The maximum atomic E-state index is 11.6. The van der Waals surface area contributed by atoms with Crippen molar-refractivity contribution in [2.45, 2.75) is 19.4 Å². The van der Waals surface area contributed by atoms with Crippen LogP contribution in [0.2, 0.25) is 0 Å². The highest BCUT2D eigenvalue weighted by Crippen LogP contribution is 2.30. The first-order valence-corrected chi connectivity index (χ1v) is 6.16. The van der Waals surface area contributed by atoms with Crippen LogP contribution in [0.15, 0.2) is 18.2 Å². The summed E-state index contributed by atoms with van der Waals surface area (Å²) in [4.78, 5) is 11.6. The molecule has 0 fully saturated rings. The Balaban J connectivity index is 2.89. The molecule has 19 heavy (non-hydrogen) atoms. The van der Waals surface area contributed by atoms with Gasteiger partial charge in [-0.15, -0.1) is 0 Å². The molecule has 1 aromatic rings. The van der Waals surface area contributed by atoms with Crippen molar-refractivity contribution in [2.24, 2.45) is 0 Å². The lowest BCUT2D eigenvalue weighted by molar-refractivity contribution is -0.125. The van der Waals surface area contributed by atoms with Crippen molar-refractivity contribution in [3.63, 3.8) is 0 Å². The van der Waals surface area contributed by atoms with Gasteiger partial charge >= 0.3 is 0 Å². The van der Waals surface area contributed by atoms with Gasteiger partial charge in [-0.2, -0.15) is 0 Å². The highest BCUT2D eigenvalue weighted by Gasteiger charge is 2.15. The Kier molecular flexibility index (Phi) is 6.15. The van der Waals surface area contributed by atoms with Gasteiger partial charge in [-0.1, -0.05) is 13.0 Å². The van der Waals surface area contributed by atoms with Gasteiger partial charge in [-0.05, 0) is 24.1 Å². The van der Waals surface area contributed by atoms with Gasteiger partial charge in [0.05, 0.1) is 20.3 Å². The maximum absolute atomic E-state index is 11.6. The minimum atomic E-state index is -0.135. The molecule has 0 saturated carbocycles. The first-order valence-electron chi connectivity index (χ1n) is 6.16. The fraction of sp³-hybridized carbons (Fsp3) is 0.500. The van der Waals surface area contributed by atoms with Crippen LogP contribution >= 0.6 is 0 Å². The van der Waals surface area contributed by atoms with E-state index in [9.17, 15) is 4.79 Å². The Hall–Kier alpha value is -1.75. The monoisotopic (exact) mass is 267 g/mol. The number of rotatable bonds is 7. The molecule has 0 aliphatic heterocycles. The van der Waals surface area contributed by atoms with Crippen molar-refractivity contribution in [1.82, 2.24) is 5.32 Å². The molecule has 0 aromatic heterocycles. The summed E-state index contributed by atoms with van der Waals surface area (Å²) in [5.74, 6) is 1.19. The SMILES string of the molecule is CC[C@@H](NC(=O)COC)c1ccc(OC)c(OC)c1. The highest BCUT2D eigenvalue weighted by molar-refractivity contribution is 5.77. The fourth-order valence-corrected chi connectivity index (χ4v) is 1.86. The fourth-order valence-electron chi connectivity index (χ4n) is 1.86. The van der Waals surface area contributed by atoms with E-state index >= 15 is 0 Å². The second-order valence-electron chi connectivity index (χ2n) is 4.08. The van der Waals surface area contributed by atoms with Crippen LogP contribution in [0.4, 0.5) is 0 Å². The zero-order valence-electron chi connectivity index (χ0n) is 11.9. The van der Waals surface area contributed by atoms with Crippen LogP contribution in [0.25, 0.3) is 0 Å². The first-order chi connectivity index (χ1) is 9.15. The standard InChI is InChI=1S/C14H21NO4/c1-5-11(15-14(16)9-17-2)10-6-7-12(18-3)13(8-10)19-4/h6-8,11H,5,9H2,1-4H3,(H,15,16)/t11-/m1/s1. The van der Waals surface area contributed by atoms with Gasteiger partial charge in [0.15, 0.2) is 11.5 Å². The van der Waals surface area contributed by atoms with Crippen molar-refractivity contribution in [3.8, 4) is 11.5 Å². The lowest BCUT2D eigenvalue weighted by Crippen LogP contribution is -2.31. The second kappa shape index (κ2) is 7.63. The molecule has 1 N–H and O–H groups in total. The van der Waals surface area contributed by atoms with E-state index in [0.717, 1.165) is 12.0 Å². The number of amides is 1. The average molecular weight is 267 g/mol. The molecule has 0 saturated heterocycles. The Morgan fingerprint density at radius 1 is 1.21 bits per heavy atom. The van der Waals surface area contributed by atoms with E-state index in [1.54, 1.807) is 14.2 Å². The van der Waals surface area contributed by atoms with Crippen LogP contribution in [-0.2, 0) is 9.53 Å². The number of nitrogens with one attached hydrogen (secondary N) is 1. The lowest BCUT2D eigenvalue weighted by Gasteiger charge is -2.19. The minimum absolute atomic E-state index is 0.0593. The molecule has 0 heterocycles. The number of ether oxygens (including phenoxy) is 3. The molecular formula is C14H21NO4. The largest absolute Gasteiger partial charge is 0.493 e. The van der Waals surface area contributed by atoms with Crippen molar-refractivity contribution >= 4 is 5.91 Å². The van der Waals surface area contributed by atoms with Crippen LogP contribution in [-0.4, -0.2) is 33.8 Å². The third kappa shape index (κ3) is 4.13. The van der Waals surface area contributed by atoms with Crippen molar-refractivity contribution in [3.05, 3.63) is 23.8 Å². The molecule has 1 aromatic carbocycles. The summed E-state index contributed by atoms with van der Waals surface area (Å²) >= 11 is 0. The van der Waals surface area contributed by atoms with E-state index < -0.39 is 0 Å². The van der Waals surface area contributed by atoms with Crippen LogP contribution in [0.1, 0.15) is 24.9 Å². The van der Waals surface area contributed by atoms with Gasteiger partial charge < -0.3 is 19.5 Å². The van der Waals surface area contributed by atoms with Gasteiger partial charge in [0, 0.05) is 7.11 Å². The number of carbonyl (C=O) groups excluding carboxylic acids is 1. The summed E-state index contributed by atoms with van der Waals surface area (Å²) in [6.45, 7) is 2.07. The number of methoxy groups -OCH3 is 3. The van der Waals surface area contributed by atoms with E-state index in [2.05, 4.69) is 5.32 Å². The Morgan fingerprint density at radius 3 is 2.42 bits per heavy atom. The molecule has 0 aliphatic rings. The Morgan fingerprint density at radius 2 is 1.89 bits per heavy atom. The average Bonchev–Trinajstić information content (AvgIpc) is 2.44. The third-order valence-corrected chi connectivity index (χ3v) is 2.83. The van der Waals surface area contributed by atoms with E-state index in [1.807, 2.05) is 25.1 Å². The molecule has 5 nitrogen and oxygen atoms in total. The molecule has 0 spiro atoms. The van der Waals surface area contributed by atoms with Gasteiger partial charge in [-0.25, -0.2) is 0 Å². The molecular weight excluding hydrogens is 246 g/mol. The summed E-state index contributed by atoms with van der Waals surface area (Å²) < 4.78 is 15.3. The zero-order chi connectivity index (χ0) is 14.3. The first kappa shape index (κ1) is 15.3. The van der Waals surface area contributed by atoms with E-state index in [-0.39, 0.29) is 18.6 Å². The second-order valence-corrected chi connectivity index (χ2v) is 4.08. The van der Waals surface area contributed by atoms with E-state index in [1.165, 1.54) is 7.11 Å². The van der Waals surface area contributed by atoms with Crippen LogP contribution in [0.3, 0.4) is 0 Å². The molecule has 0 unspecified atom stereocenters. The number of hydrogen-bond donors (Lipinski definition) is 1. The predicted molar refractivity (Wildman–Crippen MR) is 72.6 cm³/mol. The third-order valence-electron chi connectivity index (χ3n) is 2.83. The molecule has 0 radical (unpaired) electrons. The van der Waals surface area contributed by atoms with Gasteiger partial charge in [0.25, 0.3) is 0 Å². The molecule has 106 valence electrons. The Bertz CT molecular complexity index is 420. The number of hydrogen-bond acceptors (Lipinski definition) is 4. The highest BCUT2D eigenvalue weighted by atomic mass is 16.5. The summed E-state index contributed by atoms with van der Waals surface area (Å²) in [6.07, 6.45) is 0.783. The number of carbonyl (C=O) groups is 1. The van der Waals surface area contributed by atoms with Crippen LogP contribution < -0.4 is 14.8 Å². The lowest BCUT2D eigenvalue weighted by atomic mass is 10.0. The maximum Gasteiger partial charge on any atom is 0.246 e. The summed E-state index contributed by atoms with van der Waals surface area (Å²) in [5.41, 5.74) is 0.976. The zero-order valence-corrected chi connectivity index (χ0v) is 11.9. The molecule has 0 bridgehead atoms. The van der Waals surface area contributed by atoms with Crippen LogP contribution in [0.5, 0.6) is 11.5 Å². The smallest absolute Gasteiger partial charge is 0.246 e. The van der Waals surface area contributed by atoms with Crippen molar-refractivity contribution in [2.75, 3.05) is 27.9 Å². The van der Waals surface area contributed by atoms with E-state index in [0.29, 0.717) is 11.5 Å². The topological polar surface area (TPSA) is 56.8 Å². The molecule has 5 heteroatoms. The minimum Gasteiger partial charge on any atom is -0.493 e. The molecule has 1 rings (SSSR count). The van der Waals surface area contributed by atoms with E-state index in [4.69, 9.17) is 14.2 Å². The van der Waals surface area contributed by atoms with Crippen LogP contribution in [0, 0.1) is 0 Å². The van der Waals surface area contributed by atoms with Gasteiger partial charge in [-0.3, -0.25) is 4.79 Å². The predicted octanol–water partition coefficient (Wildman–Crippen LogP) is 1.92. The molecule has 0 aliphatic carbocycles. The quantitative estimate of drug-likeness (QED) is 0.820. The summed E-state index contributed by atoms with van der Waals surface area (Å²) in [5, 5.41) is 2.91. The molecule has 1 amide bonds. The van der Waals surface area contributed by atoms with Gasteiger partial charge in [0.2, 0.25) is 5.91 Å². The Labute approximate surface area is 113 Å². The molecule has 1 atom stereocenters. The normalized spacial score (nSPS) is 11.8. The number of benzene rings is 1. The van der Waals surface area contributed by atoms with Crippen molar-refractivity contribution in [1.29, 1.82) is 0 Å².